The predicted octanol–water partition coefficient (Wildman–Crippen LogP) is 4.47. The number of allylic oxidation sites excluding steroid dienone is 2. The van der Waals surface area contributed by atoms with Gasteiger partial charge in [-0.1, -0.05) is 87.6 Å². The van der Waals surface area contributed by atoms with Crippen molar-refractivity contribution >= 4 is 5.78 Å². The van der Waals surface area contributed by atoms with Crippen LogP contribution >= 0.6 is 0 Å². The van der Waals surface area contributed by atoms with Crippen molar-refractivity contribution in [3.05, 3.63) is 60.2 Å². The van der Waals surface area contributed by atoms with E-state index in [1.165, 1.54) is 25.7 Å². The number of carbonyl (C=O) groups is 1. The van der Waals surface area contributed by atoms with Gasteiger partial charge in [-0.25, -0.2) is 0 Å². The molecular formula is C21H28O3. The number of aliphatic hydroxyl groups excluding tert-OH is 1. The number of hydrogen-bond acceptors (Lipinski definition) is 3. The van der Waals surface area contributed by atoms with Crippen molar-refractivity contribution < 1.29 is 14.6 Å². The number of hydrogen-bond donors (Lipinski definition) is 1. The van der Waals surface area contributed by atoms with Gasteiger partial charge in [0.15, 0.2) is 5.60 Å². The molecule has 0 radical (unpaired) electrons. The minimum absolute atomic E-state index is 0.192. The largest absolute Gasteiger partial charge is 0.385 e. The summed E-state index contributed by atoms with van der Waals surface area (Å²) in [5.74, 6) is -0.192. The fraction of sp³-hybridized carbons (Fsp3) is 0.476. The number of carbonyl (C=O) groups excluding carboxylic acids is 1. The van der Waals surface area contributed by atoms with Crippen LogP contribution in [-0.2, 0) is 4.74 Å². The van der Waals surface area contributed by atoms with Crippen LogP contribution in [0.1, 0.15) is 55.8 Å². The normalized spacial score (nSPS) is 22.7. The third kappa shape index (κ3) is 4.65. The molecule has 1 aromatic carbocycles. The second-order valence-corrected chi connectivity index (χ2v) is 6.29. The number of benzene rings is 1. The van der Waals surface area contributed by atoms with Gasteiger partial charge in [-0.2, -0.15) is 0 Å². The maximum atomic E-state index is 13.0. The molecule has 1 N–H and O–H groups in total. The summed E-state index contributed by atoms with van der Waals surface area (Å²) in [6, 6.07) is 9.04. The van der Waals surface area contributed by atoms with Crippen LogP contribution in [0.25, 0.3) is 0 Å². The van der Waals surface area contributed by atoms with E-state index >= 15 is 0 Å². The summed E-state index contributed by atoms with van der Waals surface area (Å²) in [5, 5.41) is 10.4. The molecule has 24 heavy (non-hydrogen) atoms. The standard InChI is InChI=1S/C21H28O3/c1-2-3-4-5-6-12-17-24-21(16-11-10-15-19(21)22)20(23)18-13-8-7-9-14-18/h7-11,13-16,19,22H,2-6,12,17H2,1H3. The minimum atomic E-state index is -1.31. The van der Waals surface area contributed by atoms with Crippen LogP contribution in [0.3, 0.4) is 0 Å². The Labute approximate surface area is 145 Å². The lowest BCUT2D eigenvalue weighted by molar-refractivity contribution is -0.0540. The van der Waals surface area contributed by atoms with Gasteiger partial charge in [0.2, 0.25) is 5.78 Å². The Morgan fingerprint density at radius 3 is 2.50 bits per heavy atom. The van der Waals surface area contributed by atoms with Crippen molar-refractivity contribution in [3.8, 4) is 0 Å². The first kappa shape index (κ1) is 18.6. The quantitative estimate of drug-likeness (QED) is 0.509. The summed E-state index contributed by atoms with van der Waals surface area (Å²) in [6.45, 7) is 2.67. The molecule has 3 heteroatoms. The van der Waals surface area contributed by atoms with Crippen LogP contribution in [0.15, 0.2) is 54.6 Å². The second kappa shape index (κ2) is 9.55. The SMILES string of the molecule is CCCCCCCCOC1(C(=O)c2ccccc2)C=CC=CC1O. The van der Waals surface area contributed by atoms with E-state index in [0.29, 0.717) is 12.2 Å². The van der Waals surface area contributed by atoms with Gasteiger partial charge in [0, 0.05) is 12.2 Å². The first-order valence-corrected chi connectivity index (χ1v) is 8.98. The molecule has 0 saturated heterocycles. The van der Waals surface area contributed by atoms with Gasteiger partial charge in [-0.3, -0.25) is 4.79 Å². The van der Waals surface area contributed by atoms with Crippen molar-refractivity contribution in [3.63, 3.8) is 0 Å². The average molecular weight is 328 g/mol. The highest BCUT2D eigenvalue weighted by atomic mass is 16.5. The summed E-state index contributed by atoms with van der Waals surface area (Å²) in [5.41, 5.74) is -0.751. The van der Waals surface area contributed by atoms with Gasteiger partial charge in [0.25, 0.3) is 0 Å². The molecule has 0 amide bonds. The molecule has 0 fully saturated rings. The smallest absolute Gasteiger partial charge is 0.201 e. The summed E-state index contributed by atoms with van der Waals surface area (Å²) in [4.78, 5) is 13.0. The first-order valence-electron chi connectivity index (χ1n) is 8.98. The van der Waals surface area contributed by atoms with Gasteiger partial charge < -0.3 is 9.84 Å². The highest BCUT2D eigenvalue weighted by Gasteiger charge is 2.44. The van der Waals surface area contributed by atoms with E-state index in [9.17, 15) is 9.90 Å². The van der Waals surface area contributed by atoms with Crippen LogP contribution in [0, 0.1) is 0 Å². The fourth-order valence-electron chi connectivity index (χ4n) is 2.96. The monoisotopic (exact) mass is 328 g/mol. The zero-order valence-electron chi connectivity index (χ0n) is 14.5. The van der Waals surface area contributed by atoms with Crippen molar-refractivity contribution in [2.75, 3.05) is 6.61 Å². The minimum Gasteiger partial charge on any atom is -0.385 e. The molecule has 0 aliphatic heterocycles. The van der Waals surface area contributed by atoms with E-state index in [0.717, 1.165) is 12.8 Å². The van der Waals surface area contributed by atoms with E-state index in [1.54, 1.807) is 36.4 Å². The lowest BCUT2D eigenvalue weighted by Gasteiger charge is -2.34. The van der Waals surface area contributed by atoms with Gasteiger partial charge in [0.05, 0.1) is 0 Å². The molecule has 3 nitrogen and oxygen atoms in total. The molecule has 0 spiro atoms. The number of ketones is 1. The molecule has 1 aromatic rings. The van der Waals surface area contributed by atoms with Crippen LogP contribution in [0.5, 0.6) is 0 Å². The van der Waals surface area contributed by atoms with E-state index < -0.39 is 11.7 Å². The predicted molar refractivity (Wildman–Crippen MR) is 97.1 cm³/mol. The maximum absolute atomic E-state index is 13.0. The lowest BCUT2D eigenvalue weighted by Crippen LogP contribution is -2.50. The van der Waals surface area contributed by atoms with Crippen LogP contribution < -0.4 is 0 Å². The molecule has 2 rings (SSSR count). The zero-order chi connectivity index (χ0) is 17.3. The van der Waals surface area contributed by atoms with Crippen molar-refractivity contribution in [1.82, 2.24) is 0 Å². The van der Waals surface area contributed by atoms with Crippen molar-refractivity contribution in [1.29, 1.82) is 0 Å². The third-order valence-electron chi connectivity index (χ3n) is 4.42. The molecule has 2 atom stereocenters. The Kier molecular flexibility index (Phi) is 7.41. The van der Waals surface area contributed by atoms with Crippen molar-refractivity contribution in [2.24, 2.45) is 0 Å². The number of aliphatic hydroxyl groups is 1. The number of rotatable bonds is 10. The molecule has 0 aromatic heterocycles. The molecule has 1 aliphatic rings. The molecule has 2 unspecified atom stereocenters. The number of unbranched alkanes of at least 4 members (excludes halogenated alkanes) is 5. The highest BCUT2D eigenvalue weighted by molar-refractivity contribution is 6.04. The van der Waals surface area contributed by atoms with Gasteiger partial charge in [-0.05, 0) is 12.5 Å². The topological polar surface area (TPSA) is 46.5 Å². The second-order valence-electron chi connectivity index (χ2n) is 6.29. The summed E-state index contributed by atoms with van der Waals surface area (Å²) < 4.78 is 5.97. The van der Waals surface area contributed by atoms with E-state index in [-0.39, 0.29) is 5.78 Å². The Morgan fingerprint density at radius 1 is 1.08 bits per heavy atom. The molecule has 130 valence electrons. The molecule has 1 aliphatic carbocycles. The van der Waals surface area contributed by atoms with Gasteiger partial charge >= 0.3 is 0 Å². The van der Waals surface area contributed by atoms with Crippen LogP contribution in [0.2, 0.25) is 0 Å². The molecule has 0 saturated carbocycles. The van der Waals surface area contributed by atoms with E-state index in [1.807, 2.05) is 18.2 Å². The number of Topliss-reactive ketones (excluding diaryl/α,β-unsaturated/α-hetero) is 1. The van der Waals surface area contributed by atoms with E-state index in [2.05, 4.69) is 6.92 Å². The van der Waals surface area contributed by atoms with Gasteiger partial charge in [0.1, 0.15) is 6.10 Å². The molecule has 0 bridgehead atoms. The van der Waals surface area contributed by atoms with Crippen LogP contribution in [0.4, 0.5) is 0 Å². The third-order valence-corrected chi connectivity index (χ3v) is 4.42. The Hall–Kier alpha value is -1.71. The first-order chi connectivity index (χ1) is 11.7. The highest BCUT2D eigenvalue weighted by Crippen LogP contribution is 2.28. The Morgan fingerprint density at radius 2 is 1.79 bits per heavy atom. The zero-order valence-corrected chi connectivity index (χ0v) is 14.5. The lowest BCUT2D eigenvalue weighted by atomic mass is 9.84. The fourth-order valence-corrected chi connectivity index (χ4v) is 2.96. The summed E-state index contributed by atoms with van der Waals surface area (Å²) in [6.07, 6.45) is 12.8. The Balaban J connectivity index is 1.99. The summed E-state index contributed by atoms with van der Waals surface area (Å²) in [7, 11) is 0. The maximum Gasteiger partial charge on any atom is 0.201 e. The molecule has 0 heterocycles. The Bertz CT molecular complexity index is 562. The summed E-state index contributed by atoms with van der Waals surface area (Å²) >= 11 is 0. The average Bonchev–Trinajstić information content (AvgIpc) is 2.62. The number of ether oxygens (including phenoxy) is 1. The van der Waals surface area contributed by atoms with Gasteiger partial charge in [-0.15, -0.1) is 0 Å². The van der Waals surface area contributed by atoms with E-state index in [4.69, 9.17) is 4.74 Å². The van der Waals surface area contributed by atoms with Crippen LogP contribution in [-0.4, -0.2) is 29.2 Å². The van der Waals surface area contributed by atoms with Crippen molar-refractivity contribution in [2.45, 2.75) is 57.2 Å². The molecular weight excluding hydrogens is 300 g/mol.